The highest BCUT2D eigenvalue weighted by Crippen LogP contribution is 2.41. The zero-order valence-corrected chi connectivity index (χ0v) is 11.1. The van der Waals surface area contributed by atoms with Crippen LogP contribution in [0.5, 0.6) is 0 Å². The zero-order valence-electron chi connectivity index (χ0n) is 10.3. The van der Waals surface area contributed by atoms with Crippen LogP contribution in [-0.2, 0) is 16.6 Å². The summed E-state index contributed by atoms with van der Waals surface area (Å²) in [5, 5.41) is 15.7. The van der Waals surface area contributed by atoms with Crippen LogP contribution in [0, 0.1) is 12.8 Å². The highest BCUT2D eigenvalue weighted by molar-refractivity contribution is 7.89. The summed E-state index contributed by atoms with van der Waals surface area (Å²) in [5.41, 5.74) is 0.720. The Morgan fingerprint density at radius 2 is 2.28 bits per heavy atom. The molecule has 1 aliphatic carbocycles. The first-order valence-electron chi connectivity index (χ1n) is 6.20. The standard InChI is InChI=1S/C11H17N3O3S/c1-7-11(10(6-15)13-12-7)18(16,17)14-5-8-2-3-9(14)4-8/h8-9,15H,2-6H2,1H3,(H,12,13). The van der Waals surface area contributed by atoms with Gasteiger partial charge in [0.2, 0.25) is 10.0 Å². The first-order valence-corrected chi connectivity index (χ1v) is 7.64. The van der Waals surface area contributed by atoms with Crippen molar-refractivity contribution in [3.05, 3.63) is 11.4 Å². The van der Waals surface area contributed by atoms with E-state index in [0.717, 1.165) is 19.3 Å². The molecule has 2 atom stereocenters. The van der Waals surface area contributed by atoms with Crippen LogP contribution in [0.15, 0.2) is 4.90 Å². The Morgan fingerprint density at radius 3 is 2.83 bits per heavy atom. The number of fused-ring (bicyclic) bond motifs is 2. The van der Waals surface area contributed by atoms with Gasteiger partial charge in [-0.15, -0.1) is 0 Å². The van der Waals surface area contributed by atoms with E-state index in [1.54, 1.807) is 11.2 Å². The van der Waals surface area contributed by atoms with Crippen LogP contribution in [0.4, 0.5) is 0 Å². The van der Waals surface area contributed by atoms with Crippen molar-refractivity contribution in [3.8, 4) is 0 Å². The Bertz CT molecular complexity index is 566. The third-order valence-corrected chi connectivity index (χ3v) is 6.16. The lowest BCUT2D eigenvalue weighted by Gasteiger charge is -2.26. The van der Waals surface area contributed by atoms with Gasteiger partial charge in [0, 0.05) is 12.6 Å². The fourth-order valence-corrected chi connectivity index (χ4v) is 5.28. The maximum atomic E-state index is 12.6. The molecule has 3 rings (SSSR count). The van der Waals surface area contributed by atoms with E-state index < -0.39 is 10.0 Å². The number of aryl methyl sites for hydroxylation is 1. The van der Waals surface area contributed by atoms with Crippen molar-refractivity contribution >= 4 is 10.0 Å². The summed E-state index contributed by atoms with van der Waals surface area (Å²) < 4.78 is 26.9. The molecule has 1 aromatic rings. The number of aromatic nitrogens is 2. The van der Waals surface area contributed by atoms with Gasteiger partial charge in [-0.3, -0.25) is 5.10 Å². The Hall–Kier alpha value is -0.920. The maximum absolute atomic E-state index is 12.6. The van der Waals surface area contributed by atoms with Crippen LogP contribution in [0.25, 0.3) is 0 Å². The van der Waals surface area contributed by atoms with E-state index in [4.69, 9.17) is 0 Å². The van der Waals surface area contributed by atoms with Gasteiger partial charge in [0.05, 0.1) is 12.3 Å². The van der Waals surface area contributed by atoms with E-state index in [1.807, 2.05) is 0 Å². The molecule has 18 heavy (non-hydrogen) atoms. The third kappa shape index (κ3) is 1.61. The van der Waals surface area contributed by atoms with E-state index in [9.17, 15) is 13.5 Å². The second kappa shape index (κ2) is 4.04. The topological polar surface area (TPSA) is 86.3 Å². The van der Waals surface area contributed by atoms with Crippen molar-refractivity contribution in [2.45, 2.75) is 43.7 Å². The number of aromatic amines is 1. The van der Waals surface area contributed by atoms with Crippen molar-refractivity contribution in [3.63, 3.8) is 0 Å². The van der Waals surface area contributed by atoms with Crippen molar-refractivity contribution in [2.24, 2.45) is 5.92 Å². The lowest BCUT2D eigenvalue weighted by atomic mass is 10.1. The smallest absolute Gasteiger partial charge is 0.247 e. The van der Waals surface area contributed by atoms with Gasteiger partial charge in [-0.25, -0.2) is 8.42 Å². The number of aliphatic hydroxyl groups is 1. The van der Waals surface area contributed by atoms with Crippen LogP contribution < -0.4 is 0 Å². The molecule has 2 aliphatic rings. The number of aliphatic hydroxyl groups excluding tert-OH is 1. The highest BCUT2D eigenvalue weighted by atomic mass is 32.2. The zero-order chi connectivity index (χ0) is 12.9. The lowest BCUT2D eigenvalue weighted by molar-refractivity contribution is 0.272. The van der Waals surface area contributed by atoms with Crippen molar-refractivity contribution in [1.82, 2.24) is 14.5 Å². The summed E-state index contributed by atoms with van der Waals surface area (Å²) in [5.74, 6) is 0.509. The van der Waals surface area contributed by atoms with Gasteiger partial charge in [0.1, 0.15) is 10.6 Å². The molecule has 2 fully saturated rings. The Morgan fingerprint density at radius 1 is 1.50 bits per heavy atom. The molecule has 2 heterocycles. The molecule has 7 heteroatoms. The molecule has 0 radical (unpaired) electrons. The van der Waals surface area contributed by atoms with Gasteiger partial charge >= 0.3 is 0 Å². The van der Waals surface area contributed by atoms with Gasteiger partial charge in [-0.05, 0) is 32.1 Å². The minimum atomic E-state index is -3.52. The Balaban J connectivity index is 2.02. The molecule has 2 unspecified atom stereocenters. The van der Waals surface area contributed by atoms with Crippen molar-refractivity contribution in [2.75, 3.05) is 6.54 Å². The molecule has 100 valence electrons. The predicted octanol–water partition coefficient (Wildman–Crippen LogP) is 0.383. The highest BCUT2D eigenvalue weighted by Gasteiger charge is 2.45. The average molecular weight is 271 g/mol. The van der Waals surface area contributed by atoms with Crippen LogP contribution >= 0.6 is 0 Å². The van der Waals surface area contributed by atoms with E-state index >= 15 is 0 Å². The molecule has 0 spiro atoms. The fourth-order valence-electron chi connectivity index (χ4n) is 3.21. The van der Waals surface area contributed by atoms with Crippen molar-refractivity contribution < 1.29 is 13.5 Å². The number of hydrogen-bond donors (Lipinski definition) is 2. The molecule has 2 N–H and O–H groups in total. The summed E-state index contributed by atoms with van der Waals surface area (Å²) in [6, 6.07) is 0.140. The van der Waals surface area contributed by atoms with Gasteiger partial charge < -0.3 is 5.11 Å². The average Bonchev–Trinajstić information content (AvgIpc) is 3.02. The summed E-state index contributed by atoms with van der Waals surface area (Å²) in [6.07, 6.45) is 3.06. The normalized spacial score (nSPS) is 28.1. The molecule has 1 aliphatic heterocycles. The number of nitrogens with one attached hydrogen (secondary N) is 1. The molecular weight excluding hydrogens is 254 g/mol. The molecule has 2 bridgehead atoms. The second-order valence-electron chi connectivity index (χ2n) is 5.19. The number of hydrogen-bond acceptors (Lipinski definition) is 4. The first kappa shape index (κ1) is 12.1. The van der Waals surface area contributed by atoms with E-state index in [1.165, 1.54) is 0 Å². The monoisotopic (exact) mass is 271 g/mol. The molecule has 1 saturated heterocycles. The van der Waals surface area contributed by atoms with E-state index in [0.29, 0.717) is 18.2 Å². The van der Waals surface area contributed by atoms with Gasteiger partial charge in [0.15, 0.2) is 0 Å². The number of piperidine rings is 1. The largest absolute Gasteiger partial charge is 0.390 e. The SMILES string of the molecule is Cc1[nH]nc(CO)c1S(=O)(=O)N1CC2CCC1C2. The summed E-state index contributed by atoms with van der Waals surface area (Å²) in [6.45, 7) is 1.93. The summed E-state index contributed by atoms with van der Waals surface area (Å²) in [7, 11) is -3.52. The van der Waals surface area contributed by atoms with Gasteiger partial charge in [0.25, 0.3) is 0 Å². The molecule has 1 saturated carbocycles. The minimum absolute atomic E-state index is 0.140. The number of H-pyrrole nitrogens is 1. The Labute approximate surface area is 106 Å². The first-order chi connectivity index (χ1) is 8.54. The van der Waals surface area contributed by atoms with E-state index in [2.05, 4.69) is 10.2 Å². The van der Waals surface area contributed by atoms with E-state index in [-0.39, 0.29) is 23.2 Å². The number of rotatable bonds is 3. The lowest BCUT2D eigenvalue weighted by Crippen LogP contribution is -2.38. The van der Waals surface area contributed by atoms with Gasteiger partial charge in [-0.1, -0.05) is 0 Å². The summed E-state index contributed by atoms with van der Waals surface area (Å²) in [4.78, 5) is 0.164. The number of sulfonamides is 1. The maximum Gasteiger partial charge on any atom is 0.247 e. The van der Waals surface area contributed by atoms with Gasteiger partial charge in [-0.2, -0.15) is 9.40 Å². The third-order valence-electron chi connectivity index (χ3n) is 4.04. The van der Waals surface area contributed by atoms with Crippen LogP contribution in [0.1, 0.15) is 30.7 Å². The second-order valence-corrected chi connectivity index (χ2v) is 7.02. The summed E-state index contributed by atoms with van der Waals surface area (Å²) >= 11 is 0. The Kier molecular flexibility index (Phi) is 2.72. The van der Waals surface area contributed by atoms with Crippen LogP contribution in [-0.4, -0.2) is 40.6 Å². The minimum Gasteiger partial charge on any atom is -0.390 e. The molecular formula is C11H17N3O3S. The molecule has 6 nitrogen and oxygen atoms in total. The predicted molar refractivity (Wildman–Crippen MR) is 64.3 cm³/mol. The molecule has 0 amide bonds. The molecule has 0 aromatic carbocycles. The quantitative estimate of drug-likeness (QED) is 0.832. The van der Waals surface area contributed by atoms with Crippen LogP contribution in [0.3, 0.4) is 0 Å². The van der Waals surface area contributed by atoms with Crippen LogP contribution in [0.2, 0.25) is 0 Å². The number of nitrogens with zero attached hydrogens (tertiary/aromatic N) is 2. The molecule has 1 aromatic heterocycles. The van der Waals surface area contributed by atoms with Crippen molar-refractivity contribution in [1.29, 1.82) is 0 Å². The fraction of sp³-hybridized carbons (Fsp3) is 0.727.